The predicted octanol–water partition coefficient (Wildman–Crippen LogP) is 4.62. The van der Waals surface area contributed by atoms with Crippen molar-refractivity contribution < 1.29 is 4.74 Å². The Hall–Kier alpha value is -1.87. The molecule has 2 aromatic carbocycles. The summed E-state index contributed by atoms with van der Waals surface area (Å²) in [6, 6.07) is 18.3. The van der Waals surface area contributed by atoms with Gasteiger partial charge in [-0.05, 0) is 44.9 Å². The predicted molar refractivity (Wildman–Crippen MR) is 85.1 cm³/mol. The molecule has 0 radical (unpaired) electrons. The summed E-state index contributed by atoms with van der Waals surface area (Å²) in [5, 5.41) is 2.37. The topological polar surface area (TPSA) is 22.1 Å². The van der Waals surface area contributed by atoms with Crippen LogP contribution in [0, 0.1) is 0 Å². The normalized spacial score (nSPS) is 10.7. The van der Waals surface area contributed by atoms with Crippen LogP contribution in [0.4, 0.5) is 0 Å². The van der Waals surface area contributed by atoms with Gasteiger partial charge in [-0.15, -0.1) is 0 Å². The lowest BCUT2D eigenvalue weighted by atomic mass is 10.1. The minimum absolute atomic E-state index is 0.619. The van der Waals surface area contributed by atoms with Crippen LogP contribution < -0.4 is 4.74 Å². The Labute approximate surface area is 126 Å². The quantitative estimate of drug-likeness (QED) is 0.697. The second-order valence-electron chi connectivity index (χ2n) is 4.52. The smallest absolute Gasteiger partial charge is 0.134 e. The second-order valence-corrected chi connectivity index (χ2v) is 5.31. The first kappa shape index (κ1) is 13.1. The van der Waals surface area contributed by atoms with Crippen LogP contribution in [0.3, 0.4) is 0 Å². The number of ether oxygens (including phenoxy) is 1. The minimum Gasteiger partial charge on any atom is -0.492 e. The highest BCUT2D eigenvalue weighted by molar-refractivity contribution is 9.10. The van der Waals surface area contributed by atoms with Gasteiger partial charge in [0.15, 0.2) is 0 Å². The third kappa shape index (κ3) is 2.83. The summed E-state index contributed by atoms with van der Waals surface area (Å²) in [6.07, 6.45) is 2.61. The standard InChI is InChI=1S/C17H14BrNO/c18-17-15-7-2-1-5-13(15)8-9-16(17)20-12-10-14-6-3-4-11-19-14/h1-9,11H,10,12H2. The fourth-order valence-corrected chi connectivity index (χ4v) is 2.74. The van der Waals surface area contributed by atoms with E-state index in [1.807, 2.05) is 36.4 Å². The Kier molecular flexibility index (Phi) is 3.97. The zero-order chi connectivity index (χ0) is 13.8. The molecule has 3 rings (SSSR count). The number of pyridine rings is 1. The Balaban J connectivity index is 1.73. The molecule has 0 amide bonds. The van der Waals surface area contributed by atoms with Crippen molar-refractivity contribution in [1.29, 1.82) is 0 Å². The van der Waals surface area contributed by atoms with Crippen LogP contribution in [0.25, 0.3) is 10.8 Å². The molecule has 1 heterocycles. The van der Waals surface area contributed by atoms with E-state index in [2.05, 4.69) is 39.1 Å². The van der Waals surface area contributed by atoms with Crippen molar-refractivity contribution in [3.8, 4) is 5.75 Å². The molecule has 0 fully saturated rings. The van der Waals surface area contributed by atoms with Gasteiger partial charge >= 0.3 is 0 Å². The van der Waals surface area contributed by atoms with Gasteiger partial charge < -0.3 is 4.74 Å². The van der Waals surface area contributed by atoms with Gasteiger partial charge in [-0.25, -0.2) is 0 Å². The molecule has 0 atom stereocenters. The Morgan fingerprint density at radius 2 is 1.80 bits per heavy atom. The first-order chi connectivity index (χ1) is 9.84. The molecule has 0 spiro atoms. The molecule has 1 aromatic heterocycles. The fraction of sp³-hybridized carbons (Fsp3) is 0.118. The SMILES string of the molecule is Brc1c(OCCc2ccccn2)ccc2ccccc12. The van der Waals surface area contributed by atoms with Gasteiger partial charge in [0, 0.05) is 18.3 Å². The number of rotatable bonds is 4. The lowest BCUT2D eigenvalue weighted by molar-refractivity contribution is 0.319. The molecule has 0 unspecified atom stereocenters. The fourth-order valence-electron chi connectivity index (χ4n) is 2.14. The van der Waals surface area contributed by atoms with Gasteiger partial charge in [-0.3, -0.25) is 4.98 Å². The molecule has 0 aliphatic carbocycles. The second kappa shape index (κ2) is 6.06. The number of aromatic nitrogens is 1. The van der Waals surface area contributed by atoms with E-state index in [1.165, 1.54) is 10.8 Å². The molecular weight excluding hydrogens is 314 g/mol. The largest absolute Gasteiger partial charge is 0.492 e. The minimum atomic E-state index is 0.619. The lowest BCUT2D eigenvalue weighted by Crippen LogP contribution is -2.03. The number of nitrogens with zero attached hydrogens (tertiary/aromatic N) is 1. The average Bonchev–Trinajstić information content (AvgIpc) is 2.51. The molecule has 2 nitrogen and oxygen atoms in total. The van der Waals surface area contributed by atoms with Crippen LogP contribution in [0.15, 0.2) is 65.3 Å². The number of hydrogen-bond donors (Lipinski definition) is 0. The van der Waals surface area contributed by atoms with Crippen LogP contribution in [0.1, 0.15) is 5.69 Å². The van der Waals surface area contributed by atoms with E-state index in [0.717, 1.165) is 22.3 Å². The maximum Gasteiger partial charge on any atom is 0.134 e. The molecule has 3 aromatic rings. The molecule has 0 bridgehead atoms. The number of benzene rings is 2. The van der Waals surface area contributed by atoms with Crippen LogP contribution in [-0.2, 0) is 6.42 Å². The molecule has 100 valence electrons. The number of hydrogen-bond acceptors (Lipinski definition) is 2. The molecule has 3 heteroatoms. The van der Waals surface area contributed by atoms with E-state index >= 15 is 0 Å². The third-order valence-electron chi connectivity index (χ3n) is 3.17. The van der Waals surface area contributed by atoms with E-state index in [0.29, 0.717) is 6.61 Å². The Morgan fingerprint density at radius 1 is 0.950 bits per heavy atom. The number of fused-ring (bicyclic) bond motifs is 1. The lowest BCUT2D eigenvalue weighted by Gasteiger charge is -2.10. The summed E-state index contributed by atoms with van der Waals surface area (Å²) in [7, 11) is 0. The highest BCUT2D eigenvalue weighted by Gasteiger charge is 2.05. The van der Waals surface area contributed by atoms with Crippen LogP contribution in [0.2, 0.25) is 0 Å². The van der Waals surface area contributed by atoms with Gasteiger partial charge in [-0.1, -0.05) is 36.4 Å². The summed E-state index contributed by atoms with van der Waals surface area (Å²) in [6.45, 7) is 0.619. The summed E-state index contributed by atoms with van der Waals surface area (Å²) < 4.78 is 6.87. The van der Waals surface area contributed by atoms with Crippen LogP contribution in [-0.4, -0.2) is 11.6 Å². The molecule has 0 N–H and O–H groups in total. The summed E-state index contributed by atoms with van der Waals surface area (Å²) in [5.74, 6) is 0.875. The van der Waals surface area contributed by atoms with Crippen molar-refractivity contribution in [2.24, 2.45) is 0 Å². The van der Waals surface area contributed by atoms with Gasteiger partial charge in [0.2, 0.25) is 0 Å². The molecule has 20 heavy (non-hydrogen) atoms. The summed E-state index contributed by atoms with van der Waals surface area (Å²) in [4.78, 5) is 4.29. The maximum absolute atomic E-state index is 5.86. The van der Waals surface area contributed by atoms with Crippen molar-refractivity contribution >= 4 is 26.7 Å². The third-order valence-corrected chi connectivity index (χ3v) is 3.99. The Bertz CT molecular complexity index is 713. The summed E-state index contributed by atoms with van der Waals surface area (Å²) in [5.41, 5.74) is 1.05. The van der Waals surface area contributed by atoms with Crippen molar-refractivity contribution in [3.05, 3.63) is 71.0 Å². The van der Waals surface area contributed by atoms with Crippen LogP contribution in [0.5, 0.6) is 5.75 Å². The number of halogens is 1. The maximum atomic E-state index is 5.86. The van der Waals surface area contributed by atoms with Gasteiger partial charge in [0.1, 0.15) is 5.75 Å². The monoisotopic (exact) mass is 327 g/mol. The van der Waals surface area contributed by atoms with E-state index in [4.69, 9.17) is 4.74 Å². The first-order valence-electron chi connectivity index (χ1n) is 6.54. The molecule has 0 saturated carbocycles. The van der Waals surface area contributed by atoms with Crippen molar-refractivity contribution in [1.82, 2.24) is 4.98 Å². The molecule has 0 aliphatic heterocycles. The van der Waals surface area contributed by atoms with E-state index in [9.17, 15) is 0 Å². The van der Waals surface area contributed by atoms with E-state index < -0.39 is 0 Å². The van der Waals surface area contributed by atoms with E-state index in [-0.39, 0.29) is 0 Å². The summed E-state index contributed by atoms with van der Waals surface area (Å²) >= 11 is 3.63. The van der Waals surface area contributed by atoms with Crippen molar-refractivity contribution in [2.45, 2.75) is 6.42 Å². The van der Waals surface area contributed by atoms with Crippen LogP contribution >= 0.6 is 15.9 Å². The van der Waals surface area contributed by atoms with Crippen molar-refractivity contribution in [3.63, 3.8) is 0 Å². The first-order valence-corrected chi connectivity index (χ1v) is 7.34. The zero-order valence-corrected chi connectivity index (χ0v) is 12.5. The average molecular weight is 328 g/mol. The molecule has 0 aliphatic rings. The van der Waals surface area contributed by atoms with Gasteiger partial charge in [-0.2, -0.15) is 0 Å². The molecule has 0 saturated heterocycles. The molecular formula is C17H14BrNO. The van der Waals surface area contributed by atoms with Gasteiger partial charge in [0.25, 0.3) is 0 Å². The zero-order valence-electron chi connectivity index (χ0n) is 10.9. The van der Waals surface area contributed by atoms with Crippen molar-refractivity contribution in [2.75, 3.05) is 6.61 Å². The van der Waals surface area contributed by atoms with E-state index in [1.54, 1.807) is 6.20 Å². The highest BCUT2D eigenvalue weighted by Crippen LogP contribution is 2.33. The Morgan fingerprint density at radius 3 is 2.65 bits per heavy atom. The van der Waals surface area contributed by atoms with Gasteiger partial charge in [0.05, 0.1) is 11.1 Å². The highest BCUT2D eigenvalue weighted by atomic mass is 79.9.